The third kappa shape index (κ3) is 3.62. The van der Waals surface area contributed by atoms with Gasteiger partial charge >= 0.3 is 0 Å². The Bertz CT molecular complexity index is 245. The lowest BCUT2D eigenvalue weighted by Gasteiger charge is -2.46. The van der Waals surface area contributed by atoms with Gasteiger partial charge in [-0.1, -0.05) is 20.8 Å². The van der Waals surface area contributed by atoms with Crippen molar-refractivity contribution in [1.29, 1.82) is 0 Å². The Balaban J connectivity index is 1.95. The molecule has 0 spiro atoms. The molecular formula is C14H28N2S. The van der Waals surface area contributed by atoms with Crippen molar-refractivity contribution in [1.82, 2.24) is 10.2 Å². The number of nitrogens with one attached hydrogen (secondary N) is 1. The Labute approximate surface area is 111 Å². The Morgan fingerprint density at radius 3 is 2.53 bits per heavy atom. The lowest BCUT2D eigenvalue weighted by Crippen LogP contribution is -2.61. The quantitative estimate of drug-likeness (QED) is 0.832. The fraction of sp³-hybridized carbons (Fsp3) is 1.00. The molecule has 1 saturated carbocycles. The van der Waals surface area contributed by atoms with E-state index in [1.54, 1.807) is 0 Å². The van der Waals surface area contributed by atoms with Gasteiger partial charge in [0.15, 0.2) is 0 Å². The molecule has 1 saturated heterocycles. The maximum atomic E-state index is 3.80. The van der Waals surface area contributed by atoms with E-state index in [4.69, 9.17) is 0 Å². The van der Waals surface area contributed by atoms with Gasteiger partial charge in [0.1, 0.15) is 0 Å². The first-order valence-electron chi connectivity index (χ1n) is 6.98. The van der Waals surface area contributed by atoms with Crippen LogP contribution in [0, 0.1) is 11.3 Å². The van der Waals surface area contributed by atoms with Gasteiger partial charge in [0.25, 0.3) is 0 Å². The van der Waals surface area contributed by atoms with Crippen LogP contribution in [0.2, 0.25) is 0 Å². The average molecular weight is 256 g/mol. The summed E-state index contributed by atoms with van der Waals surface area (Å²) in [5.41, 5.74) is 0.389. The molecule has 2 rings (SSSR count). The Morgan fingerprint density at radius 2 is 2.00 bits per heavy atom. The second-order valence-corrected chi connectivity index (χ2v) is 7.71. The molecule has 2 fully saturated rings. The van der Waals surface area contributed by atoms with Gasteiger partial charge in [0.05, 0.1) is 0 Å². The average Bonchev–Trinajstić information content (AvgIpc) is 3.08. The summed E-state index contributed by atoms with van der Waals surface area (Å²) in [7, 11) is 0. The molecular weight excluding hydrogens is 228 g/mol. The maximum Gasteiger partial charge on any atom is 0.0270 e. The first kappa shape index (κ1) is 13.7. The standard InChI is InChI=1S/C14H28N2S/c1-14(2,3)13-9-15-12(11-5-6-11)10-16(13)7-8-17-4/h11-13,15H,5-10H2,1-4H3. The van der Waals surface area contributed by atoms with Crippen molar-refractivity contribution < 1.29 is 0 Å². The Hall–Kier alpha value is 0.270. The van der Waals surface area contributed by atoms with Crippen LogP contribution >= 0.6 is 11.8 Å². The minimum absolute atomic E-state index is 0.389. The van der Waals surface area contributed by atoms with Crippen molar-refractivity contribution in [3.8, 4) is 0 Å². The van der Waals surface area contributed by atoms with Crippen molar-refractivity contribution in [2.75, 3.05) is 31.6 Å². The predicted molar refractivity (Wildman–Crippen MR) is 77.7 cm³/mol. The first-order valence-corrected chi connectivity index (χ1v) is 8.38. The van der Waals surface area contributed by atoms with Gasteiger partial charge in [0.2, 0.25) is 0 Å². The molecule has 2 nitrogen and oxygen atoms in total. The number of thioether (sulfide) groups is 1. The fourth-order valence-corrected chi connectivity index (χ4v) is 3.38. The number of nitrogens with zero attached hydrogens (tertiary/aromatic N) is 1. The lowest BCUT2D eigenvalue weighted by atomic mass is 9.83. The molecule has 0 bridgehead atoms. The normalized spacial score (nSPS) is 31.8. The van der Waals surface area contributed by atoms with Crippen LogP contribution in [0.3, 0.4) is 0 Å². The number of rotatable bonds is 4. The maximum absolute atomic E-state index is 3.80. The highest BCUT2D eigenvalue weighted by molar-refractivity contribution is 7.98. The zero-order chi connectivity index (χ0) is 12.5. The van der Waals surface area contributed by atoms with E-state index in [0.717, 1.165) is 12.0 Å². The van der Waals surface area contributed by atoms with Crippen LogP contribution in [0.4, 0.5) is 0 Å². The van der Waals surface area contributed by atoms with Crippen molar-refractivity contribution in [3.05, 3.63) is 0 Å². The number of hydrogen-bond acceptors (Lipinski definition) is 3. The molecule has 0 amide bonds. The molecule has 0 radical (unpaired) electrons. The molecule has 2 atom stereocenters. The molecule has 17 heavy (non-hydrogen) atoms. The highest BCUT2D eigenvalue weighted by Gasteiger charge is 2.40. The molecule has 0 aromatic carbocycles. The molecule has 1 N–H and O–H groups in total. The second-order valence-electron chi connectivity index (χ2n) is 6.72. The van der Waals surface area contributed by atoms with Crippen LogP contribution in [0.5, 0.6) is 0 Å². The van der Waals surface area contributed by atoms with E-state index in [1.807, 2.05) is 11.8 Å². The summed E-state index contributed by atoms with van der Waals surface area (Å²) in [6.07, 6.45) is 5.12. The summed E-state index contributed by atoms with van der Waals surface area (Å²) in [6, 6.07) is 1.47. The van der Waals surface area contributed by atoms with E-state index in [2.05, 4.69) is 37.2 Å². The first-order chi connectivity index (χ1) is 8.02. The molecule has 3 heteroatoms. The molecule has 1 aliphatic carbocycles. The van der Waals surface area contributed by atoms with Gasteiger partial charge < -0.3 is 5.32 Å². The van der Waals surface area contributed by atoms with E-state index in [0.29, 0.717) is 11.5 Å². The van der Waals surface area contributed by atoms with E-state index in [-0.39, 0.29) is 0 Å². The van der Waals surface area contributed by atoms with E-state index < -0.39 is 0 Å². The molecule has 0 aromatic rings. The predicted octanol–water partition coefficient (Wildman–Crippen LogP) is 2.45. The topological polar surface area (TPSA) is 15.3 Å². The minimum atomic E-state index is 0.389. The van der Waals surface area contributed by atoms with Gasteiger partial charge in [-0.3, -0.25) is 4.90 Å². The van der Waals surface area contributed by atoms with Crippen LogP contribution < -0.4 is 5.32 Å². The van der Waals surface area contributed by atoms with Crippen LogP contribution in [0.15, 0.2) is 0 Å². The minimum Gasteiger partial charge on any atom is -0.311 e. The van der Waals surface area contributed by atoms with Crippen LogP contribution in [-0.4, -0.2) is 48.6 Å². The van der Waals surface area contributed by atoms with Crippen LogP contribution in [0.1, 0.15) is 33.6 Å². The van der Waals surface area contributed by atoms with Gasteiger partial charge in [-0.2, -0.15) is 11.8 Å². The van der Waals surface area contributed by atoms with Crippen molar-refractivity contribution in [3.63, 3.8) is 0 Å². The molecule has 0 aromatic heterocycles. The third-order valence-corrected chi connectivity index (χ3v) is 4.81. The molecule has 2 unspecified atom stereocenters. The van der Waals surface area contributed by atoms with Crippen molar-refractivity contribution >= 4 is 11.8 Å². The number of piperazine rings is 1. The van der Waals surface area contributed by atoms with E-state index in [1.165, 1.54) is 38.2 Å². The smallest absolute Gasteiger partial charge is 0.0270 e. The highest BCUT2D eigenvalue weighted by Crippen LogP contribution is 2.36. The summed E-state index contributed by atoms with van der Waals surface area (Å²) in [5.74, 6) is 2.25. The third-order valence-electron chi connectivity index (χ3n) is 4.22. The molecule has 1 aliphatic heterocycles. The van der Waals surface area contributed by atoms with Crippen molar-refractivity contribution in [2.45, 2.75) is 45.7 Å². The molecule has 2 aliphatic rings. The molecule has 100 valence electrons. The van der Waals surface area contributed by atoms with E-state index >= 15 is 0 Å². The summed E-state index contributed by atoms with van der Waals surface area (Å²) in [4.78, 5) is 2.75. The summed E-state index contributed by atoms with van der Waals surface area (Å²) in [6.45, 7) is 10.8. The highest BCUT2D eigenvalue weighted by atomic mass is 32.2. The summed E-state index contributed by atoms with van der Waals surface area (Å²) < 4.78 is 0. The Kier molecular flexibility index (Phi) is 4.43. The van der Waals surface area contributed by atoms with Gasteiger partial charge in [-0.15, -0.1) is 0 Å². The number of hydrogen-bond donors (Lipinski definition) is 1. The Morgan fingerprint density at radius 1 is 1.29 bits per heavy atom. The SMILES string of the molecule is CSCCN1CC(C2CC2)NCC1C(C)(C)C. The van der Waals surface area contributed by atoms with Crippen molar-refractivity contribution in [2.24, 2.45) is 11.3 Å². The summed E-state index contributed by atoms with van der Waals surface area (Å²) in [5, 5.41) is 3.80. The second kappa shape index (κ2) is 5.50. The van der Waals surface area contributed by atoms with E-state index in [9.17, 15) is 0 Å². The molecule has 1 heterocycles. The van der Waals surface area contributed by atoms with Gasteiger partial charge in [-0.05, 0) is 30.4 Å². The zero-order valence-corrected chi connectivity index (χ0v) is 12.6. The zero-order valence-electron chi connectivity index (χ0n) is 11.8. The largest absolute Gasteiger partial charge is 0.311 e. The summed E-state index contributed by atoms with van der Waals surface area (Å²) >= 11 is 1.97. The monoisotopic (exact) mass is 256 g/mol. The van der Waals surface area contributed by atoms with Gasteiger partial charge in [0, 0.05) is 37.5 Å². The van der Waals surface area contributed by atoms with Crippen LogP contribution in [0.25, 0.3) is 0 Å². The van der Waals surface area contributed by atoms with Gasteiger partial charge in [-0.25, -0.2) is 0 Å². The fourth-order valence-electron chi connectivity index (χ4n) is 2.96. The van der Waals surface area contributed by atoms with Crippen LogP contribution in [-0.2, 0) is 0 Å². The lowest BCUT2D eigenvalue weighted by molar-refractivity contribution is 0.0568.